The van der Waals surface area contributed by atoms with Gasteiger partial charge in [0.15, 0.2) is 0 Å². The third-order valence-electron chi connectivity index (χ3n) is 5.50. The molecule has 0 aliphatic carbocycles. The summed E-state index contributed by atoms with van der Waals surface area (Å²) in [5.74, 6) is 2.21. The zero-order chi connectivity index (χ0) is 19.1. The lowest BCUT2D eigenvalue weighted by Gasteiger charge is -2.32. The van der Waals surface area contributed by atoms with Crippen molar-refractivity contribution in [3.8, 4) is 11.1 Å². The fourth-order valence-corrected chi connectivity index (χ4v) is 5.32. The number of benzene rings is 1. The van der Waals surface area contributed by atoms with Crippen molar-refractivity contribution in [1.82, 2.24) is 9.97 Å². The molecule has 3 aromatic rings. The Bertz CT molecular complexity index is 962. The minimum atomic E-state index is 0.346. The normalized spacial score (nSPS) is 17.9. The highest BCUT2D eigenvalue weighted by Crippen LogP contribution is 2.43. The van der Waals surface area contributed by atoms with Gasteiger partial charge in [-0.1, -0.05) is 45.0 Å². The summed E-state index contributed by atoms with van der Waals surface area (Å²) in [6.07, 6.45) is 2.48. The maximum absolute atomic E-state index is 6.30. The minimum Gasteiger partial charge on any atom is -0.356 e. The summed E-state index contributed by atoms with van der Waals surface area (Å²) in [6.45, 7) is 11.0. The van der Waals surface area contributed by atoms with Crippen molar-refractivity contribution in [2.75, 3.05) is 18.0 Å². The van der Waals surface area contributed by atoms with Gasteiger partial charge in [0.25, 0.3) is 0 Å². The van der Waals surface area contributed by atoms with Gasteiger partial charge in [-0.15, -0.1) is 11.3 Å². The molecular weight excluding hydrogens is 374 g/mol. The Balaban J connectivity index is 1.89. The fourth-order valence-electron chi connectivity index (χ4n) is 4.06. The molecule has 4 rings (SSSR count). The Morgan fingerprint density at radius 2 is 1.93 bits per heavy atom. The molecule has 1 aliphatic heterocycles. The van der Waals surface area contributed by atoms with Crippen LogP contribution in [0, 0.1) is 12.8 Å². The Morgan fingerprint density at radius 1 is 1.19 bits per heavy atom. The highest BCUT2D eigenvalue weighted by atomic mass is 35.5. The molecule has 0 saturated carbocycles. The monoisotopic (exact) mass is 399 g/mol. The van der Waals surface area contributed by atoms with E-state index >= 15 is 0 Å². The van der Waals surface area contributed by atoms with Crippen molar-refractivity contribution in [2.45, 2.75) is 46.5 Å². The van der Waals surface area contributed by atoms with Crippen molar-refractivity contribution >= 4 is 39.0 Å². The predicted octanol–water partition coefficient (Wildman–Crippen LogP) is 6.68. The standard InChI is InChI=1S/C22H26ClN3S/c1-13(2)16-7-9-17(10-8-16)18-15(4)27-21-19(18)20(24-22(23)25-21)26-11-5-6-14(3)12-26/h7-10,13-14H,5-6,11-12H2,1-4H3. The molecule has 2 aromatic heterocycles. The first-order valence-electron chi connectivity index (χ1n) is 9.76. The summed E-state index contributed by atoms with van der Waals surface area (Å²) >= 11 is 8.02. The number of fused-ring (bicyclic) bond motifs is 1. The van der Waals surface area contributed by atoms with Crippen LogP contribution in [0.15, 0.2) is 24.3 Å². The smallest absolute Gasteiger partial charge is 0.225 e. The van der Waals surface area contributed by atoms with Crippen LogP contribution in [0.3, 0.4) is 0 Å². The molecule has 142 valence electrons. The highest BCUT2D eigenvalue weighted by Gasteiger charge is 2.24. The predicted molar refractivity (Wildman–Crippen MR) is 117 cm³/mol. The minimum absolute atomic E-state index is 0.346. The van der Waals surface area contributed by atoms with E-state index in [1.54, 1.807) is 11.3 Å². The maximum atomic E-state index is 6.30. The second-order valence-electron chi connectivity index (χ2n) is 8.00. The SMILES string of the molecule is Cc1sc2nc(Cl)nc(N3CCCC(C)C3)c2c1-c1ccc(C(C)C)cc1. The van der Waals surface area contributed by atoms with Gasteiger partial charge >= 0.3 is 0 Å². The summed E-state index contributed by atoms with van der Waals surface area (Å²) in [7, 11) is 0. The lowest BCUT2D eigenvalue weighted by molar-refractivity contribution is 0.445. The molecule has 1 atom stereocenters. The van der Waals surface area contributed by atoms with Crippen LogP contribution in [0.2, 0.25) is 5.28 Å². The summed E-state index contributed by atoms with van der Waals surface area (Å²) in [4.78, 5) is 13.9. The first-order valence-corrected chi connectivity index (χ1v) is 11.0. The van der Waals surface area contributed by atoms with Gasteiger partial charge in [-0.25, -0.2) is 4.98 Å². The Kier molecular flexibility index (Phi) is 5.13. The van der Waals surface area contributed by atoms with E-state index in [4.69, 9.17) is 16.6 Å². The molecule has 0 amide bonds. The molecule has 3 heterocycles. The zero-order valence-electron chi connectivity index (χ0n) is 16.4. The first-order chi connectivity index (χ1) is 12.9. The van der Waals surface area contributed by atoms with Gasteiger partial charge in [-0.05, 0) is 54.3 Å². The quantitative estimate of drug-likeness (QED) is 0.460. The molecule has 0 radical (unpaired) electrons. The van der Waals surface area contributed by atoms with Crippen LogP contribution < -0.4 is 4.90 Å². The van der Waals surface area contributed by atoms with Gasteiger partial charge in [0.1, 0.15) is 10.6 Å². The molecule has 0 spiro atoms. The second-order valence-corrected chi connectivity index (χ2v) is 9.54. The Hall–Kier alpha value is -1.65. The molecule has 1 aliphatic rings. The molecule has 3 nitrogen and oxygen atoms in total. The van der Waals surface area contributed by atoms with E-state index in [2.05, 4.69) is 61.8 Å². The maximum Gasteiger partial charge on any atom is 0.225 e. The van der Waals surface area contributed by atoms with Crippen molar-refractivity contribution in [3.05, 3.63) is 40.0 Å². The molecule has 0 bridgehead atoms. The Morgan fingerprint density at radius 3 is 2.59 bits per heavy atom. The molecule has 1 unspecified atom stereocenters. The van der Waals surface area contributed by atoms with Gasteiger partial charge in [0.2, 0.25) is 5.28 Å². The van der Waals surface area contributed by atoms with Gasteiger partial charge in [0.05, 0.1) is 5.39 Å². The molecule has 5 heteroatoms. The number of piperidine rings is 1. The van der Waals surface area contributed by atoms with Crippen molar-refractivity contribution in [3.63, 3.8) is 0 Å². The van der Waals surface area contributed by atoms with Gasteiger partial charge in [-0.3, -0.25) is 0 Å². The van der Waals surface area contributed by atoms with E-state index in [-0.39, 0.29) is 0 Å². The summed E-state index contributed by atoms with van der Waals surface area (Å²) in [5, 5.41) is 1.51. The van der Waals surface area contributed by atoms with Crippen LogP contribution in [-0.2, 0) is 0 Å². The van der Waals surface area contributed by atoms with Crippen LogP contribution in [0.1, 0.15) is 50.0 Å². The topological polar surface area (TPSA) is 29.0 Å². The van der Waals surface area contributed by atoms with Gasteiger partial charge in [0, 0.05) is 23.5 Å². The average Bonchev–Trinajstić information content (AvgIpc) is 2.96. The summed E-state index contributed by atoms with van der Waals surface area (Å²) < 4.78 is 0. The lowest BCUT2D eigenvalue weighted by atomic mass is 9.97. The number of anilines is 1. The van der Waals surface area contributed by atoms with Crippen LogP contribution in [0.5, 0.6) is 0 Å². The average molecular weight is 400 g/mol. The molecule has 0 N–H and O–H groups in total. The van der Waals surface area contributed by atoms with Crippen molar-refractivity contribution in [1.29, 1.82) is 0 Å². The van der Waals surface area contributed by atoms with Crippen LogP contribution in [-0.4, -0.2) is 23.1 Å². The number of nitrogens with zero attached hydrogens (tertiary/aromatic N) is 3. The third kappa shape index (κ3) is 3.57. The largest absolute Gasteiger partial charge is 0.356 e. The lowest BCUT2D eigenvalue weighted by Crippen LogP contribution is -2.35. The number of aryl methyl sites for hydroxylation is 1. The van der Waals surface area contributed by atoms with E-state index in [0.717, 1.165) is 29.1 Å². The number of hydrogen-bond donors (Lipinski definition) is 0. The van der Waals surface area contributed by atoms with Gasteiger partial charge in [-0.2, -0.15) is 4.98 Å². The number of halogens is 1. The van der Waals surface area contributed by atoms with Crippen molar-refractivity contribution in [2.24, 2.45) is 5.92 Å². The molecular formula is C22H26ClN3S. The highest BCUT2D eigenvalue weighted by molar-refractivity contribution is 7.19. The zero-order valence-corrected chi connectivity index (χ0v) is 18.0. The van der Waals surface area contributed by atoms with Crippen LogP contribution >= 0.6 is 22.9 Å². The molecule has 1 aromatic carbocycles. The summed E-state index contributed by atoms with van der Waals surface area (Å²) in [6, 6.07) is 8.95. The van der Waals surface area contributed by atoms with E-state index in [1.807, 2.05) is 0 Å². The number of hydrogen-bond acceptors (Lipinski definition) is 4. The van der Waals surface area contributed by atoms with E-state index in [9.17, 15) is 0 Å². The van der Waals surface area contributed by atoms with Gasteiger partial charge < -0.3 is 4.90 Å². The fraction of sp³-hybridized carbons (Fsp3) is 0.455. The van der Waals surface area contributed by atoms with Crippen LogP contribution in [0.4, 0.5) is 5.82 Å². The van der Waals surface area contributed by atoms with E-state index in [0.29, 0.717) is 17.1 Å². The number of aromatic nitrogens is 2. The molecule has 27 heavy (non-hydrogen) atoms. The van der Waals surface area contributed by atoms with Crippen LogP contribution in [0.25, 0.3) is 21.3 Å². The van der Waals surface area contributed by atoms with E-state index in [1.165, 1.54) is 34.4 Å². The summed E-state index contributed by atoms with van der Waals surface area (Å²) in [5.41, 5.74) is 3.86. The third-order valence-corrected chi connectivity index (χ3v) is 6.67. The second kappa shape index (κ2) is 7.40. The first kappa shape index (κ1) is 18.7. The molecule has 1 fully saturated rings. The molecule has 1 saturated heterocycles. The Labute approximate surface area is 170 Å². The number of thiophene rings is 1. The van der Waals surface area contributed by atoms with Crippen molar-refractivity contribution < 1.29 is 0 Å². The van der Waals surface area contributed by atoms with E-state index < -0.39 is 0 Å². The number of rotatable bonds is 3.